The molecule has 0 aliphatic carbocycles. The smallest absolute Gasteiger partial charge is 0.179 e. The predicted molar refractivity (Wildman–Crippen MR) is 83.2 cm³/mol. The molecule has 5 nitrogen and oxygen atoms in total. The van der Waals surface area contributed by atoms with Crippen molar-refractivity contribution in [2.75, 3.05) is 20.8 Å². The highest BCUT2D eigenvalue weighted by Crippen LogP contribution is 2.35. The Morgan fingerprint density at radius 2 is 2.05 bits per heavy atom. The number of halogens is 1. The van der Waals surface area contributed by atoms with E-state index in [1.165, 1.54) is 5.56 Å². The van der Waals surface area contributed by atoms with Crippen LogP contribution in [0, 0.1) is 0 Å². The summed E-state index contributed by atoms with van der Waals surface area (Å²) < 4.78 is 12.3. The van der Waals surface area contributed by atoms with Gasteiger partial charge in [0.1, 0.15) is 0 Å². The average molecular weight is 310 g/mol. The SMILES string of the molecule is COc1cc(CNCCc2cnn(C)c2)cc(Cl)c1OC. The number of nitrogens with one attached hydrogen (secondary N) is 1. The first-order chi connectivity index (χ1) is 10.1. The van der Waals surface area contributed by atoms with Crippen LogP contribution in [0.4, 0.5) is 0 Å². The number of methoxy groups -OCH3 is 2. The third-order valence-electron chi connectivity index (χ3n) is 3.17. The molecule has 1 aromatic carbocycles. The maximum Gasteiger partial charge on any atom is 0.179 e. The van der Waals surface area contributed by atoms with E-state index in [9.17, 15) is 0 Å². The van der Waals surface area contributed by atoms with Crippen LogP contribution in [0.25, 0.3) is 0 Å². The molecule has 114 valence electrons. The van der Waals surface area contributed by atoms with Crippen LogP contribution < -0.4 is 14.8 Å². The lowest BCUT2D eigenvalue weighted by molar-refractivity contribution is 0.354. The molecule has 1 N–H and O–H groups in total. The first-order valence-corrected chi connectivity index (χ1v) is 7.10. The third kappa shape index (κ3) is 4.12. The number of rotatable bonds is 7. The lowest BCUT2D eigenvalue weighted by Crippen LogP contribution is -2.16. The van der Waals surface area contributed by atoms with E-state index >= 15 is 0 Å². The molecule has 1 aromatic heterocycles. The zero-order valence-electron chi connectivity index (χ0n) is 12.5. The Hall–Kier alpha value is -1.72. The Balaban J connectivity index is 1.89. The van der Waals surface area contributed by atoms with Crippen LogP contribution >= 0.6 is 11.6 Å². The van der Waals surface area contributed by atoms with Gasteiger partial charge >= 0.3 is 0 Å². The van der Waals surface area contributed by atoms with Gasteiger partial charge in [-0.15, -0.1) is 0 Å². The van der Waals surface area contributed by atoms with Crippen molar-refractivity contribution >= 4 is 11.6 Å². The Labute approximate surface area is 129 Å². The highest BCUT2D eigenvalue weighted by atomic mass is 35.5. The minimum Gasteiger partial charge on any atom is -0.493 e. The van der Waals surface area contributed by atoms with Crippen LogP contribution in [0.2, 0.25) is 5.02 Å². The zero-order chi connectivity index (χ0) is 15.2. The molecule has 2 aromatic rings. The number of hydrogen-bond donors (Lipinski definition) is 1. The van der Waals surface area contributed by atoms with E-state index in [2.05, 4.69) is 10.4 Å². The van der Waals surface area contributed by atoms with Gasteiger partial charge in [0, 0.05) is 19.8 Å². The molecule has 0 saturated carbocycles. The predicted octanol–water partition coefficient (Wildman–Crippen LogP) is 2.42. The molecular formula is C15H20ClN3O2. The molecule has 0 fully saturated rings. The molecule has 1 heterocycles. The molecule has 0 radical (unpaired) electrons. The Bertz CT molecular complexity index is 599. The minimum absolute atomic E-state index is 0.556. The van der Waals surface area contributed by atoms with E-state index in [0.29, 0.717) is 16.5 Å². The zero-order valence-corrected chi connectivity index (χ0v) is 13.3. The van der Waals surface area contributed by atoms with E-state index in [-0.39, 0.29) is 0 Å². The standard InChI is InChI=1S/C15H20ClN3O2/c1-19-10-11(9-18-19)4-5-17-8-12-6-13(16)15(21-3)14(7-12)20-2/h6-7,9-10,17H,4-5,8H2,1-3H3. The number of ether oxygens (including phenoxy) is 2. The van der Waals surface area contributed by atoms with Crippen molar-refractivity contribution in [3.05, 3.63) is 40.7 Å². The van der Waals surface area contributed by atoms with Crippen molar-refractivity contribution in [2.45, 2.75) is 13.0 Å². The number of nitrogens with zero attached hydrogens (tertiary/aromatic N) is 2. The van der Waals surface area contributed by atoms with Gasteiger partial charge in [-0.05, 0) is 36.2 Å². The van der Waals surface area contributed by atoms with E-state index in [1.807, 2.05) is 36.3 Å². The molecular weight excluding hydrogens is 290 g/mol. The molecule has 0 unspecified atom stereocenters. The highest BCUT2D eigenvalue weighted by molar-refractivity contribution is 6.32. The fraction of sp³-hybridized carbons (Fsp3) is 0.400. The van der Waals surface area contributed by atoms with Crippen molar-refractivity contribution < 1.29 is 9.47 Å². The van der Waals surface area contributed by atoms with Crippen LogP contribution in [0.5, 0.6) is 11.5 Å². The van der Waals surface area contributed by atoms with Crippen molar-refractivity contribution in [1.29, 1.82) is 0 Å². The second-order valence-corrected chi connectivity index (χ2v) is 5.17. The lowest BCUT2D eigenvalue weighted by Gasteiger charge is -2.12. The molecule has 0 atom stereocenters. The first kappa shape index (κ1) is 15.7. The Morgan fingerprint density at radius 1 is 1.24 bits per heavy atom. The van der Waals surface area contributed by atoms with Crippen LogP contribution in [0.1, 0.15) is 11.1 Å². The van der Waals surface area contributed by atoms with Crippen LogP contribution in [0.3, 0.4) is 0 Å². The summed E-state index contributed by atoms with van der Waals surface area (Å²) in [7, 11) is 5.10. The second-order valence-electron chi connectivity index (χ2n) is 4.76. The Kier molecular flexibility index (Phi) is 5.47. The molecule has 21 heavy (non-hydrogen) atoms. The summed E-state index contributed by atoms with van der Waals surface area (Å²) in [5.41, 5.74) is 2.28. The normalized spacial score (nSPS) is 10.7. The van der Waals surface area contributed by atoms with Gasteiger partial charge in [0.05, 0.1) is 25.4 Å². The van der Waals surface area contributed by atoms with Crippen LogP contribution in [-0.2, 0) is 20.0 Å². The van der Waals surface area contributed by atoms with Gasteiger partial charge in [0.15, 0.2) is 11.5 Å². The fourth-order valence-electron chi connectivity index (χ4n) is 2.14. The number of hydrogen-bond acceptors (Lipinski definition) is 4. The maximum atomic E-state index is 6.18. The van der Waals surface area contributed by atoms with Gasteiger partial charge in [-0.3, -0.25) is 4.68 Å². The van der Waals surface area contributed by atoms with Gasteiger partial charge in [-0.25, -0.2) is 0 Å². The van der Waals surface area contributed by atoms with Gasteiger partial charge < -0.3 is 14.8 Å². The molecule has 0 aliphatic heterocycles. The number of aromatic nitrogens is 2. The summed E-state index contributed by atoms with van der Waals surface area (Å²) in [5.74, 6) is 1.22. The molecule has 2 rings (SSSR count). The molecule has 0 aliphatic rings. The number of benzene rings is 1. The van der Waals surface area contributed by atoms with Crippen LogP contribution in [-0.4, -0.2) is 30.5 Å². The highest BCUT2D eigenvalue weighted by Gasteiger charge is 2.10. The molecule has 0 saturated heterocycles. The van der Waals surface area contributed by atoms with Crippen molar-refractivity contribution in [1.82, 2.24) is 15.1 Å². The van der Waals surface area contributed by atoms with Gasteiger partial charge in [-0.2, -0.15) is 5.10 Å². The summed E-state index contributed by atoms with van der Waals surface area (Å²) in [6, 6.07) is 3.82. The van der Waals surface area contributed by atoms with Gasteiger partial charge in [-0.1, -0.05) is 11.6 Å². The summed E-state index contributed by atoms with van der Waals surface area (Å²) in [6.07, 6.45) is 4.85. The monoisotopic (exact) mass is 309 g/mol. The van der Waals surface area contributed by atoms with E-state index in [0.717, 1.165) is 25.1 Å². The second kappa shape index (κ2) is 7.33. The van der Waals surface area contributed by atoms with E-state index in [1.54, 1.807) is 14.2 Å². The molecule has 6 heteroatoms. The number of aryl methyl sites for hydroxylation is 1. The van der Waals surface area contributed by atoms with Crippen molar-refractivity contribution in [3.8, 4) is 11.5 Å². The van der Waals surface area contributed by atoms with Crippen LogP contribution in [0.15, 0.2) is 24.5 Å². The van der Waals surface area contributed by atoms with Gasteiger partial charge in [0.25, 0.3) is 0 Å². The molecule has 0 spiro atoms. The fourth-order valence-corrected chi connectivity index (χ4v) is 2.45. The lowest BCUT2D eigenvalue weighted by atomic mass is 10.2. The maximum absolute atomic E-state index is 6.18. The van der Waals surface area contributed by atoms with Crippen molar-refractivity contribution in [3.63, 3.8) is 0 Å². The topological polar surface area (TPSA) is 48.3 Å². The molecule has 0 amide bonds. The minimum atomic E-state index is 0.556. The van der Waals surface area contributed by atoms with Crippen molar-refractivity contribution in [2.24, 2.45) is 7.05 Å². The largest absolute Gasteiger partial charge is 0.493 e. The van der Waals surface area contributed by atoms with E-state index in [4.69, 9.17) is 21.1 Å². The quantitative estimate of drug-likeness (QED) is 0.798. The summed E-state index contributed by atoms with van der Waals surface area (Å²) in [5, 5.41) is 8.09. The van der Waals surface area contributed by atoms with E-state index < -0.39 is 0 Å². The molecule has 0 bridgehead atoms. The summed E-state index contributed by atoms with van der Waals surface area (Å²) in [6.45, 7) is 1.60. The average Bonchev–Trinajstić information content (AvgIpc) is 2.88. The third-order valence-corrected chi connectivity index (χ3v) is 3.45. The summed E-state index contributed by atoms with van der Waals surface area (Å²) >= 11 is 6.18. The van der Waals surface area contributed by atoms with Gasteiger partial charge in [0.2, 0.25) is 0 Å². The first-order valence-electron chi connectivity index (χ1n) is 6.72. The summed E-state index contributed by atoms with van der Waals surface area (Å²) in [4.78, 5) is 0. The Morgan fingerprint density at radius 3 is 2.67 bits per heavy atom.